The lowest BCUT2D eigenvalue weighted by atomic mass is 9.81. The maximum Gasteiger partial charge on any atom is 0.289 e. The number of aliphatic hydroxyl groups excluding tert-OH is 1. The van der Waals surface area contributed by atoms with Gasteiger partial charge in [-0.25, -0.2) is 0 Å². The fourth-order valence-corrected chi connectivity index (χ4v) is 7.60. The van der Waals surface area contributed by atoms with Crippen LogP contribution in [0, 0.1) is 17.3 Å². The Balaban J connectivity index is 1.58. The van der Waals surface area contributed by atoms with Crippen LogP contribution in [0.4, 0.5) is 0 Å². The van der Waals surface area contributed by atoms with Crippen LogP contribution in [0.15, 0.2) is 23.6 Å². The van der Waals surface area contributed by atoms with E-state index in [0.717, 1.165) is 51.0 Å². The average molecular weight is 684 g/mol. The van der Waals surface area contributed by atoms with E-state index in [9.17, 15) is 33.9 Å². The lowest BCUT2D eigenvalue weighted by Gasteiger charge is -2.41. The molecule has 2 aliphatic heterocycles. The first kappa shape index (κ1) is 38.1. The van der Waals surface area contributed by atoms with Crippen LogP contribution >= 0.6 is 0 Å². The molecule has 272 valence electrons. The van der Waals surface area contributed by atoms with E-state index in [4.69, 9.17) is 0 Å². The molecule has 4 N–H and O–H groups in total. The summed E-state index contributed by atoms with van der Waals surface area (Å²) < 4.78 is 0. The minimum absolute atomic E-state index is 0.0281. The van der Waals surface area contributed by atoms with Crippen molar-refractivity contribution in [2.45, 2.75) is 142 Å². The molecule has 0 unspecified atom stereocenters. The number of aliphatic hydroxyl groups is 1. The van der Waals surface area contributed by atoms with Gasteiger partial charge in [-0.05, 0) is 76.0 Å². The Hall–Kier alpha value is -3.70. The van der Waals surface area contributed by atoms with E-state index in [-0.39, 0.29) is 29.7 Å². The van der Waals surface area contributed by atoms with Crippen molar-refractivity contribution in [2.75, 3.05) is 13.1 Å². The van der Waals surface area contributed by atoms with Crippen molar-refractivity contribution in [1.29, 1.82) is 0 Å². The fourth-order valence-electron chi connectivity index (χ4n) is 7.60. The van der Waals surface area contributed by atoms with Gasteiger partial charge in [-0.3, -0.25) is 28.8 Å². The van der Waals surface area contributed by atoms with Crippen LogP contribution < -0.4 is 16.0 Å². The zero-order valence-corrected chi connectivity index (χ0v) is 30.2. The van der Waals surface area contributed by atoms with Gasteiger partial charge >= 0.3 is 0 Å². The number of amides is 4. The fraction of sp³-hybridized carbons (Fsp3) is 0.730. The molecule has 4 aliphatic rings. The van der Waals surface area contributed by atoms with Crippen molar-refractivity contribution in [3.8, 4) is 0 Å². The third-order valence-electron chi connectivity index (χ3n) is 10.4. The van der Waals surface area contributed by atoms with Gasteiger partial charge in [-0.1, -0.05) is 59.5 Å². The molecular formula is C37H57N5O7. The minimum atomic E-state index is -0.868. The van der Waals surface area contributed by atoms with Crippen LogP contribution in [-0.2, 0) is 28.8 Å². The maximum absolute atomic E-state index is 14.6. The number of nitrogens with zero attached hydrogens (tertiary/aromatic N) is 2. The normalized spacial score (nSPS) is 24.1. The average Bonchev–Trinajstić information content (AvgIpc) is 3.79. The molecule has 2 aliphatic carbocycles. The van der Waals surface area contributed by atoms with Crippen molar-refractivity contribution in [2.24, 2.45) is 17.3 Å². The summed E-state index contributed by atoms with van der Waals surface area (Å²) >= 11 is 0. The zero-order chi connectivity index (χ0) is 36.0. The van der Waals surface area contributed by atoms with Gasteiger partial charge < -0.3 is 30.9 Å². The molecule has 2 saturated carbocycles. The molecule has 0 spiro atoms. The third-order valence-corrected chi connectivity index (χ3v) is 10.4. The summed E-state index contributed by atoms with van der Waals surface area (Å²) in [5, 5.41) is 19.5. The summed E-state index contributed by atoms with van der Waals surface area (Å²) in [6.07, 6.45) is 11.3. The van der Waals surface area contributed by atoms with Crippen LogP contribution in [0.1, 0.15) is 112 Å². The lowest BCUT2D eigenvalue weighted by molar-refractivity contribution is -0.151. The summed E-state index contributed by atoms with van der Waals surface area (Å²) in [7, 11) is 0. The van der Waals surface area contributed by atoms with Gasteiger partial charge in [-0.15, -0.1) is 0 Å². The lowest BCUT2D eigenvalue weighted by Crippen LogP contribution is -2.60. The molecule has 4 fully saturated rings. The van der Waals surface area contributed by atoms with Crippen molar-refractivity contribution in [3.63, 3.8) is 0 Å². The Bertz CT molecular complexity index is 1340. The topological polar surface area (TPSA) is 165 Å². The van der Waals surface area contributed by atoms with Crippen molar-refractivity contribution in [1.82, 2.24) is 25.8 Å². The van der Waals surface area contributed by atoms with Gasteiger partial charge in [-0.2, -0.15) is 0 Å². The third kappa shape index (κ3) is 9.51. The van der Waals surface area contributed by atoms with E-state index >= 15 is 0 Å². The minimum Gasteiger partial charge on any atom is -0.503 e. The molecule has 2 heterocycles. The number of allylic oxidation sites excluding steroid dienone is 2. The molecule has 0 radical (unpaired) electrons. The number of Topliss-reactive ketones (excluding diaryl/α,β-unsaturated/α-hetero) is 1. The number of carbonyl (C=O) groups is 6. The Morgan fingerprint density at radius 3 is 2.22 bits per heavy atom. The Labute approximate surface area is 290 Å². The number of likely N-dealkylation sites (tertiary alicyclic amines) is 2. The van der Waals surface area contributed by atoms with Crippen LogP contribution in [-0.4, -0.2) is 93.4 Å². The molecule has 0 aromatic rings. The summed E-state index contributed by atoms with van der Waals surface area (Å²) in [4.78, 5) is 82.8. The second-order valence-corrected chi connectivity index (χ2v) is 15.5. The quantitative estimate of drug-likeness (QED) is 0.123. The second kappa shape index (κ2) is 16.3. The molecule has 12 nitrogen and oxygen atoms in total. The number of carbonyl (C=O) groups excluding carboxylic acids is 6. The molecule has 2 bridgehead atoms. The largest absolute Gasteiger partial charge is 0.503 e. The standard InChI is InChI=1S/C37H57N5O7/c1-7-12-27(31(45)34(47)38-25-15-16-25)41-18-17-23-20-28(35(41)48)42(21-23)36(49)32(37(4,5)6)39-26(8-2)30(24-13-10-9-11-14-24)40-33(46)29(44)19-22(3)43/h8,19,23-25,27-28,30,32,39,44H,7,9-18,20-21H2,1-6H3,(H,38,47)(H,40,46)/b26-8-,29-19-/t23-,27+,28+,30+,32-/m1/s1. The van der Waals surface area contributed by atoms with Gasteiger partial charge in [0.15, 0.2) is 11.5 Å². The van der Waals surface area contributed by atoms with E-state index in [2.05, 4.69) is 16.0 Å². The monoisotopic (exact) mass is 683 g/mol. The van der Waals surface area contributed by atoms with Crippen molar-refractivity contribution < 1.29 is 33.9 Å². The zero-order valence-electron chi connectivity index (χ0n) is 30.2. The predicted octanol–water partition coefficient (Wildman–Crippen LogP) is 3.46. The number of fused-ring (bicyclic) bond motifs is 2. The van der Waals surface area contributed by atoms with Gasteiger partial charge in [0.2, 0.25) is 17.6 Å². The van der Waals surface area contributed by atoms with Crippen LogP contribution in [0.25, 0.3) is 0 Å². The van der Waals surface area contributed by atoms with E-state index in [1.165, 1.54) is 6.92 Å². The molecule has 4 amide bonds. The van der Waals surface area contributed by atoms with Gasteiger partial charge in [0.1, 0.15) is 18.1 Å². The molecule has 12 heteroatoms. The molecule has 2 saturated heterocycles. The molecule has 49 heavy (non-hydrogen) atoms. The summed E-state index contributed by atoms with van der Waals surface area (Å²) in [5.41, 5.74) is 0.0204. The second-order valence-electron chi connectivity index (χ2n) is 15.5. The Morgan fingerprint density at radius 2 is 1.65 bits per heavy atom. The van der Waals surface area contributed by atoms with E-state index in [0.29, 0.717) is 44.5 Å². The van der Waals surface area contributed by atoms with Crippen LogP contribution in [0.3, 0.4) is 0 Å². The van der Waals surface area contributed by atoms with E-state index in [1.54, 1.807) is 9.80 Å². The van der Waals surface area contributed by atoms with Gasteiger partial charge in [0.05, 0.1) is 6.04 Å². The first-order valence-electron chi connectivity index (χ1n) is 18.3. The van der Waals surface area contributed by atoms with Crippen LogP contribution in [0.2, 0.25) is 0 Å². The smallest absolute Gasteiger partial charge is 0.289 e. The van der Waals surface area contributed by atoms with Crippen molar-refractivity contribution >= 4 is 35.2 Å². The first-order chi connectivity index (χ1) is 23.2. The molecule has 0 aromatic heterocycles. The summed E-state index contributed by atoms with van der Waals surface area (Å²) in [5.74, 6) is -3.52. The highest BCUT2D eigenvalue weighted by Gasteiger charge is 2.49. The number of nitrogens with one attached hydrogen (secondary N) is 3. The number of ketones is 2. The van der Waals surface area contributed by atoms with Crippen molar-refractivity contribution in [3.05, 3.63) is 23.6 Å². The Morgan fingerprint density at radius 1 is 0.980 bits per heavy atom. The Kier molecular flexibility index (Phi) is 12.7. The van der Waals surface area contributed by atoms with E-state index < -0.39 is 58.7 Å². The SMILES string of the molecule is C/C=C(\N[C@H](C(=O)N1C[C@@H]2CCN([C@@H](CCC)C(=O)C(=O)NC3CC3)C(=O)[C@@H]1C2)C(C)(C)C)[C@@H](NC(=O)/C(O)=C/C(C)=O)C1CCCCC1. The number of rotatable bonds is 14. The van der Waals surface area contributed by atoms with E-state index in [1.807, 2.05) is 40.7 Å². The predicted molar refractivity (Wildman–Crippen MR) is 185 cm³/mol. The highest BCUT2D eigenvalue weighted by Crippen LogP contribution is 2.36. The molecule has 0 aromatic carbocycles. The van der Waals surface area contributed by atoms with Gasteiger partial charge in [0, 0.05) is 30.9 Å². The van der Waals surface area contributed by atoms with Crippen LogP contribution in [0.5, 0.6) is 0 Å². The first-order valence-corrected chi connectivity index (χ1v) is 18.3. The number of hydrogen-bond donors (Lipinski definition) is 4. The summed E-state index contributed by atoms with van der Waals surface area (Å²) in [6.45, 7) is 11.6. The molecular weight excluding hydrogens is 626 g/mol. The van der Waals surface area contributed by atoms with Gasteiger partial charge in [0.25, 0.3) is 11.8 Å². The molecule has 5 atom stereocenters. The summed E-state index contributed by atoms with van der Waals surface area (Å²) in [6, 6.07) is -2.91. The highest BCUT2D eigenvalue weighted by atomic mass is 16.3. The molecule has 4 rings (SSSR count). The number of hydrogen-bond acceptors (Lipinski definition) is 8. The highest BCUT2D eigenvalue weighted by molar-refractivity contribution is 6.38. The maximum atomic E-state index is 14.6.